The van der Waals surface area contributed by atoms with E-state index in [2.05, 4.69) is 5.32 Å². The summed E-state index contributed by atoms with van der Waals surface area (Å²) in [6.07, 6.45) is 2.28. The number of nitrogens with zero attached hydrogens (tertiary/aromatic N) is 1. The number of rotatable bonds is 6. The fraction of sp³-hybridized carbons (Fsp3) is 0.750. The molecule has 1 rings (SSSR count). The average Bonchev–Trinajstić information content (AvgIpc) is 2.38. The van der Waals surface area contributed by atoms with Gasteiger partial charge in [-0.15, -0.1) is 0 Å². The van der Waals surface area contributed by atoms with Crippen LogP contribution in [0.25, 0.3) is 0 Å². The van der Waals surface area contributed by atoms with Gasteiger partial charge >= 0.3 is 18.0 Å². The van der Waals surface area contributed by atoms with Crippen LogP contribution in [0.15, 0.2) is 0 Å². The molecular weight excluding hydrogens is 268 g/mol. The summed E-state index contributed by atoms with van der Waals surface area (Å²) in [4.78, 5) is 35.0. The first-order chi connectivity index (χ1) is 9.45. The number of hydrogen-bond acceptors (Lipinski definition) is 4. The molecule has 2 atom stereocenters. The van der Waals surface area contributed by atoms with Gasteiger partial charge in [-0.05, 0) is 25.7 Å². The highest BCUT2D eigenvalue weighted by atomic mass is 16.4. The number of amides is 2. The predicted octanol–water partition coefficient (Wildman–Crippen LogP) is -0.139. The molecule has 1 unspecified atom stereocenters. The summed E-state index contributed by atoms with van der Waals surface area (Å²) in [5, 5.41) is 28.7. The molecule has 0 aromatic carbocycles. The van der Waals surface area contributed by atoms with Crippen LogP contribution < -0.4 is 5.32 Å². The topological polar surface area (TPSA) is 127 Å². The summed E-state index contributed by atoms with van der Waals surface area (Å²) in [6.45, 7) is 0.432. The molecule has 1 aliphatic heterocycles. The molecule has 0 radical (unpaired) electrons. The van der Waals surface area contributed by atoms with Crippen molar-refractivity contribution in [1.29, 1.82) is 0 Å². The Morgan fingerprint density at radius 3 is 2.50 bits per heavy atom. The number of aliphatic hydroxyl groups excluding tert-OH is 1. The summed E-state index contributed by atoms with van der Waals surface area (Å²) in [6, 6.07) is -2.17. The van der Waals surface area contributed by atoms with Crippen LogP contribution in [0.2, 0.25) is 0 Å². The Kier molecular flexibility index (Phi) is 6.23. The Balaban J connectivity index is 2.65. The van der Waals surface area contributed by atoms with Crippen molar-refractivity contribution < 1.29 is 29.7 Å². The van der Waals surface area contributed by atoms with E-state index < -0.39 is 30.4 Å². The second kappa shape index (κ2) is 7.68. The monoisotopic (exact) mass is 288 g/mol. The Morgan fingerprint density at radius 2 is 1.95 bits per heavy atom. The molecule has 114 valence electrons. The molecule has 0 spiro atoms. The minimum Gasteiger partial charge on any atom is -0.481 e. The maximum Gasteiger partial charge on any atom is 0.326 e. The maximum absolute atomic E-state index is 12.1. The van der Waals surface area contributed by atoms with Crippen LogP contribution in [-0.4, -0.2) is 63.4 Å². The lowest BCUT2D eigenvalue weighted by atomic mass is 10.00. The Labute approximate surface area is 116 Å². The standard InChI is InChI=1S/C12H20N2O6/c15-6-4-8-3-1-2-5-14(8)12(20)13-9(11(18)19)7-10(16)17/h8-9,15H,1-7H2,(H,13,20)(H,16,17)(H,18,19)/t8?,9-/m0/s1. The van der Waals surface area contributed by atoms with Gasteiger partial charge in [0.25, 0.3) is 0 Å². The van der Waals surface area contributed by atoms with Crippen LogP contribution in [0.1, 0.15) is 32.1 Å². The quantitative estimate of drug-likeness (QED) is 0.539. The smallest absolute Gasteiger partial charge is 0.326 e. The number of aliphatic carboxylic acids is 2. The van der Waals surface area contributed by atoms with E-state index in [9.17, 15) is 14.4 Å². The van der Waals surface area contributed by atoms with Crippen molar-refractivity contribution in [3.8, 4) is 0 Å². The zero-order valence-electron chi connectivity index (χ0n) is 11.1. The van der Waals surface area contributed by atoms with Gasteiger partial charge in [0, 0.05) is 19.2 Å². The van der Waals surface area contributed by atoms with E-state index in [4.69, 9.17) is 15.3 Å². The van der Waals surface area contributed by atoms with Crippen LogP contribution in [0, 0.1) is 0 Å². The van der Waals surface area contributed by atoms with Crippen LogP contribution in [0.5, 0.6) is 0 Å². The van der Waals surface area contributed by atoms with Gasteiger partial charge in [0.15, 0.2) is 0 Å². The van der Waals surface area contributed by atoms with Gasteiger partial charge in [0.1, 0.15) is 6.04 Å². The van der Waals surface area contributed by atoms with E-state index in [1.807, 2.05) is 0 Å². The molecule has 8 heteroatoms. The molecule has 20 heavy (non-hydrogen) atoms. The lowest BCUT2D eigenvalue weighted by Crippen LogP contribution is -2.53. The van der Waals surface area contributed by atoms with E-state index in [1.54, 1.807) is 0 Å². The highest BCUT2D eigenvalue weighted by Crippen LogP contribution is 2.19. The molecule has 0 bridgehead atoms. The molecule has 1 aliphatic rings. The number of hydrogen-bond donors (Lipinski definition) is 4. The second-order valence-electron chi connectivity index (χ2n) is 4.79. The first-order valence-electron chi connectivity index (χ1n) is 6.58. The zero-order chi connectivity index (χ0) is 15.1. The van der Waals surface area contributed by atoms with Crippen molar-refractivity contribution in [2.75, 3.05) is 13.2 Å². The number of carboxylic acids is 2. The molecule has 1 saturated heterocycles. The number of aliphatic hydroxyl groups is 1. The van der Waals surface area contributed by atoms with E-state index in [1.165, 1.54) is 4.90 Å². The minimum absolute atomic E-state index is 0.0497. The number of carbonyl (C=O) groups excluding carboxylic acids is 1. The van der Waals surface area contributed by atoms with Gasteiger partial charge in [-0.3, -0.25) is 4.79 Å². The molecular formula is C12H20N2O6. The van der Waals surface area contributed by atoms with Gasteiger partial charge in [-0.2, -0.15) is 0 Å². The number of carbonyl (C=O) groups is 3. The Hall–Kier alpha value is -1.83. The third-order valence-corrected chi connectivity index (χ3v) is 3.32. The summed E-state index contributed by atoms with van der Waals surface area (Å²) in [7, 11) is 0. The van der Waals surface area contributed by atoms with Crippen LogP contribution in [0.4, 0.5) is 4.79 Å². The van der Waals surface area contributed by atoms with E-state index in [0.717, 1.165) is 19.3 Å². The van der Waals surface area contributed by atoms with E-state index in [0.29, 0.717) is 13.0 Å². The minimum atomic E-state index is -1.45. The molecule has 0 aromatic rings. The molecule has 2 amide bonds. The predicted molar refractivity (Wildman–Crippen MR) is 68.3 cm³/mol. The number of piperidine rings is 1. The summed E-state index contributed by atoms with van der Waals surface area (Å²) in [5.74, 6) is -2.67. The summed E-state index contributed by atoms with van der Waals surface area (Å²) >= 11 is 0. The third-order valence-electron chi connectivity index (χ3n) is 3.32. The molecule has 1 fully saturated rings. The SMILES string of the molecule is O=C(O)C[C@H](NC(=O)N1CCCCC1CCO)C(=O)O. The van der Waals surface area contributed by atoms with Crippen molar-refractivity contribution in [1.82, 2.24) is 10.2 Å². The molecule has 0 aromatic heterocycles. The highest BCUT2D eigenvalue weighted by Gasteiger charge is 2.30. The number of urea groups is 1. The second-order valence-corrected chi connectivity index (χ2v) is 4.79. The van der Waals surface area contributed by atoms with E-state index >= 15 is 0 Å². The lowest BCUT2D eigenvalue weighted by Gasteiger charge is -2.36. The zero-order valence-corrected chi connectivity index (χ0v) is 11.1. The van der Waals surface area contributed by atoms with Crippen LogP contribution in [0.3, 0.4) is 0 Å². The Morgan fingerprint density at radius 1 is 1.25 bits per heavy atom. The van der Waals surface area contributed by atoms with Gasteiger partial charge in [-0.25, -0.2) is 9.59 Å². The number of likely N-dealkylation sites (tertiary alicyclic amines) is 1. The molecule has 0 aliphatic carbocycles. The summed E-state index contributed by atoms with van der Waals surface area (Å²) < 4.78 is 0. The maximum atomic E-state index is 12.1. The van der Waals surface area contributed by atoms with Gasteiger partial charge < -0.3 is 25.5 Å². The first-order valence-corrected chi connectivity index (χ1v) is 6.58. The third kappa shape index (κ3) is 4.69. The normalized spacial score (nSPS) is 20.2. The highest BCUT2D eigenvalue weighted by molar-refractivity contribution is 5.86. The van der Waals surface area contributed by atoms with Crippen molar-refractivity contribution in [2.45, 2.75) is 44.2 Å². The Bertz CT molecular complexity index is 371. The van der Waals surface area contributed by atoms with Crippen molar-refractivity contribution >= 4 is 18.0 Å². The number of carboxylic acid groups (broad SMARTS) is 2. The molecule has 0 saturated carbocycles. The molecule has 8 nitrogen and oxygen atoms in total. The molecule has 4 N–H and O–H groups in total. The average molecular weight is 288 g/mol. The van der Waals surface area contributed by atoms with Crippen molar-refractivity contribution in [3.63, 3.8) is 0 Å². The lowest BCUT2D eigenvalue weighted by molar-refractivity contribution is -0.145. The van der Waals surface area contributed by atoms with Gasteiger partial charge in [-0.1, -0.05) is 0 Å². The first kappa shape index (κ1) is 16.2. The van der Waals surface area contributed by atoms with Crippen LogP contribution in [-0.2, 0) is 9.59 Å². The summed E-state index contributed by atoms with van der Waals surface area (Å²) in [5.41, 5.74) is 0. The van der Waals surface area contributed by atoms with Crippen molar-refractivity contribution in [3.05, 3.63) is 0 Å². The van der Waals surface area contributed by atoms with Crippen molar-refractivity contribution in [2.24, 2.45) is 0 Å². The largest absolute Gasteiger partial charge is 0.481 e. The van der Waals surface area contributed by atoms with E-state index in [-0.39, 0.29) is 12.6 Å². The van der Waals surface area contributed by atoms with Gasteiger partial charge in [0.05, 0.1) is 6.42 Å². The molecule has 1 heterocycles. The fourth-order valence-electron chi connectivity index (χ4n) is 2.32. The fourth-order valence-corrected chi connectivity index (χ4v) is 2.32. The van der Waals surface area contributed by atoms with Crippen LogP contribution >= 0.6 is 0 Å². The van der Waals surface area contributed by atoms with Gasteiger partial charge in [0.2, 0.25) is 0 Å². The number of nitrogens with one attached hydrogen (secondary N) is 1.